The van der Waals surface area contributed by atoms with Crippen molar-refractivity contribution < 1.29 is 13.2 Å². The van der Waals surface area contributed by atoms with Crippen molar-refractivity contribution in [1.29, 1.82) is 0 Å². The summed E-state index contributed by atoms with van der Waals surface area (Å²) in [5.74, 6) is 0.508. The molecule has 0 spiro atoms. The number of carbonyl (C=O) groups excluding carboxylic acids is 1. The molecule has 1 amide bonds. The standard InChI is InChI=1S/C20H19N3O3S/c1-22(2)27(25,26)17-9-7-14(8-10-17)20(24)23-12-11-16-13-15-5-3-4-6-18(15)21-19(16)23/h3-10,13H,11-12H2,1-2H3. The molecule has 1 aliphatic heterocycles. The van der Waals surface area contributed by atoms with Crippen molar-refractivity contribution in [2.75, 3.05) is 25.5 Å². The van der Waals surface area contributed by atoms with E-state index in [0.717, 1.165) is 27.2 Å². The van der Waals surface area contributed by atoms with Gasteiger partial charge in [-0.2, -0.15) is 0 Å². The van der Waals surface area contributed by atoms with Gasteiger partial charge in [-0.25, -0.2) is 17.7 Å². The fraction of sp³-hybridized carbons (Fsp3) is 0.200. The summed E-state index contributed by atoms with van der Waals surface area (Å²) in [6.07, 6.45) is 0.756. The Hall–Kier alpha value is -2.77. The van der Waals surface area contributed by atoms with Crippen LogP contribution in [0.1, 0.15) is 15.9 Å². The number of fused-ring (bicyclic) bond motifs is 2. The van der Waals surface area contributed by atoms with Crippen LogP contribution in [0, 0.1) is 0 Å². The van der Waals surface area contributed by atoms with Gasteiger partial charge in [0.15, 0.2) is 0 Å². The van der Waals surface area contributed by atoms with Crippen LogP contribution in [-0.4, -0.2) is 44.3 Å². The van der Waals surface area contributed by atoms with Crippen LogP contribution in [0.2, 0.25) is 0 Å². The lowest BCUT2D eigenvalue weighted by molar-refractivity contribution is 0.0988. The second-order valence-corrected chi connectivity index (χ2v) is 8.83. The minimum atomic E-state index is -3.52. The van der Waals surface area contributed by atoms with Gasteiger partial charge in [-0.1, -0.05) is 18.2 Å². The second-order valence-electron chi connectivity index (χ2n) is 6.68. The molecular formula is C20H19N3O3S. The number of rotatable bonds is 3. The molecule has 2 aromatic carbocycles. The zero-order chi connectivity index (χ0) is 19.2. The molecule has 0 bridgehead atoms. The highest BCUT2D eigenvalue weighted by atomic mass is 32.2. The lowest BCUT2D eigenvalue weighted by atomic mass is 10.1. The molecule has 0 radical (unpaired) electrons. The third-order valence-electron chi connectivity index (χ3n) is 4.77. The summed E-state index contributed by atoms with van der Waals surface area (Å²) in [6, 6.07) is 16.0. The molecule has 4 rings (SSSR count). The minimum Gasteiger partial charge on any atom is -0.292 e. The molecule has 1 aliphatic rings. The van der Waals surface area contributed by atoms with Crippen molar-refractivity contribution >= 4 is 32.7 Å². The first kappa shape index (κ1) is 17.6. The number of hydrogen-bond acceptors (Lipinski definition) is 4. The summed E-state index contributed by atoms with van der Waals surface area (Å²) in [5, 5.41) is 1.06. The Morgan fingerprint density at radius 2 is 1.78 bits per heavy atom. The molecule has 2 heterocycles. The summed E-state index contributed by atoms with van der Waals surface area (Å²) in [5.41, 5.74) is 2.34. The van der Waals surface area contributed by atoms with E-state index < -0.39 is 10.0 Å². The number of para-hydroxylation sites is 1. The molecule has 27 heavy (non-hydrogen) atoms. The molecule has 6 nitrogen and oxygen atoms in total. The van der Waals surface area contributed by atoms with Crippen LogP contribution in [0.4, 0.5) is 5.82 Å². The van der Waals surface area contributed by atoms with Gasteiger partial charge in [0.25, 0.3) is 5.91 Å². The molecule has 138 valence electrons. The van der Waals surface area contributed by atoms with E-state index in [1.54, 1.807) is 17.0 Å². The van der Waals surface area contributed by atoms with Crippen molar-refractivity contribution in [1.82, 2.24) is 9.29 Å². The number of amides is 1. The zero-order valence-corrected chi connectivity index (χ0v) is 15.9. The normalized spacial score (nSPS) is 14.0. The first-order valence-corrected chi connectivity index (χ1v) is 10.0. The lowest BCUT2D eigenvalue weighted by Gasteiger charge is -2.17. The maximum atomic E-state index is 13.0. The van der Waals surface area contributed by atoms with Crippen molar-refractivity contribution in [3.05, 3.63) is 65.7 Å². The summed E-state index contributed by atoms with van der Waals surface area (Å²) >= 11 is 0. The Morgan fingerprint density at radius 1 is 1.07 bits per heavy atom. The molecular weight excluding hydrogens is 362 g/mol. The van der Waals surface area contributed by atoms with Gasteiger partial charge in [-0.15, -0.1) is 0 Å². The van der Waals surface area contributed by atoms with E-state index in [-0.39, 0.29) is 10.8 Å². The maximum absolute atomic E-state index is 13.0. The van der Waals surface area contributed by atoms with E-state index in [2.05, 4.69) is 11.1 Å². The van der Waals surface area contributed by atoms with Gasteiger partial charge >= 0.3 is 0 Å². The van der Waals surface area contributed by atoms with Gasteiger partial charge in [-0.05, 0) is 48.4 Å². The average Bonchev–Trinajstić information content (AvgIpc) is 3.08. The van der Waals surface area contributed by atoms with Crippen molar-refractivity contribution in [2.24, 2.45) is 0 Å². The van der Waals surface area contributed by atoms with Crippen LogP contribution in [0.5, 0.6) is 0 Å². The largest absolute Gasteiger partial charge is 0.292 e. The number of benzene rings is 2. The minimum absolute atomic E-state index is 0.162. The van der Waals surface area contributed by atoms with Crippen LogP contribution in [-0.2, 0) is 16.4 Å². The smallest absolute Gasteiger partial charge is 0.259 e. The molecule has 0 fully saturated rings. The molecule has 0 aliphatic carbocycles. The van der Waals surface area contributed by atoms with Gasteiger partial charge in [-0.3, -0.25) is 9.69 Å². The summed E-state index contributed by atoms with van der Waals surface area (Å²) in [4.78, 5) is 19.5. The topological polar surface area (TPSA) is 70.6 Å². The molecule has 0 unspecified atom stereocenters. The Morgan fingerprint density at radius 3 is 2.48 bits per heavy atom. The first-order chi connectivity index (χ1) is 12.9. The fourth-order valence-corrected chi connectivity index (χ4v) is 4.14. The van der Waals surface area contributed by atoms with E-state index in [0.29, 0.717) is 17.9 Å². The number of carbonyl (C=O) groups is 1. The number of anilines is 1. The summed E-state index contributed by atoms with van der Waals surface area (Å²) in [6.45, 7) is 0.565. The van der Waals surface area contributed by atoms with Gasteiger partial charge in [0.05, 0.1) is 10.4 Å². The predicted molar refractivity (Wildman–Crippen MR) is 104 cm³/mol. The highest BCUT2D eigenvalue weighted by Crippen LogP contribution is 2.30. The third-order valence-corrected chi connectivity index (χ3v) is 6.59. The van der Waals surface area contributed by atoms with Crippen LogP contribution < -0.4 is 4.90 Å². The van der Waals surface area contributed by atoms with Crippen LogP contribution in [0.3, 0.4) is 0 Å². The quantitative estimate of drug-likeness (QED) is 0.699. The Bertz CT molecular complexity index is 1140. The van der Waals surface area contributed by atoms with Gasteiger partial charge < -0.3 is 0 Å². The van der Waals surface area contributed by atoms with Crippen LogP contribution in [0.25, 0.3) is 10.9 Å². The zero-order valence-electron chi connectivity index (χ0n) is 15.1. The molecule has 3 aromatic rings. The molecule has 0 atom stereocenters. The van der Waals surface area contributed by atoms with E-state index in [4.69, 9.17) is 0 Å². The average molecular weight is 381 g/mol. The van der Waals surface area contributed by atoms with Crippen molar-refractivity contribution in [3.8, 4) is 0 Å². The number of pyridine rings is 1. The number of aromatic nitrogens is 1. The summed E-state index contributed by atoms with van der Waals surface area (Å²) < 4.78 is 25.5. The Kier molecular flexibility index (Phi) is 4.20. The highest BCUT2D eigenvalue weighted by Gasteiger charge is 2.28. The fourth-order valence-electron chi connectivity index (χ4n) is 3.24. The SMILES string of the molecule is CN(C)S(=O)(=O)c1ccc(C(=O)N2CCc3cc4ccccc4nc32)cc1. The lowest BCUT2D eigenvalue weighted by Crippen LogP contribution is -2.29. The number of hydrogen-bond donors (Lipinski definition) is 0. The predicted octanol–water partition coefficient (Wildman–Crippen LogP) is 2.69. The van der Waals surface area contributed by atoms with E-state index in [9.17, 15) is 13.2 Å². The molecule has 0 N–H and O–H groups in total. The van der Waals surface area contributed by atoms with Crippen LogP contribution >= 0.6 is 0 Å². The van der Waals surface area contributed by atoms with Crippen LogP contribution in [0.15, 0.2) is 59.5 Å². The van der Waals surface area contributed by atoms with E-state index >= 15 is 0 Å². The Balaban J connectivity index is 1.66. The first-order valence-electron chi connectivity index (χ1n) is 8.61. The molecule has 7 heteroatoms. The number of nitrogens with zero attached hydrogens (tertiary/aromatic N) is 3. The molecule has 1 aromatic heterocycles. The van der Waals surface area contributed by atoms with Crippen molar-refractivity contribution in [3.63, 3.8) is 0 Å². The number of sulfonamides is 1. The van der Waals surface area contributed by atoms with Gasteiger partial charge in [0, 0.05) is 31.6 Å². The van der Waals surface area contributed by atoms with Crippen molar-refractivity contribution in [2.45, 2.75) is 11.3 Å². The van der Waals surface area contributed by atoms with Gasteiger partial charge in [0.1, 0.15) is 5.82 Å². The van der Waals surface area contributed by atoms with Gasteiger partial charge in [0.2, 0.25) is 10.0 Å². The second kappa shape index (κ2) is 6.44. The van der Waals surface area contributed by atoms with E-state index in [1.165, 1.54) is 26.2 Å². The third kappa shape index (κ3) is 2.98. The molecule has 0 saturated carbocycles. The maximum Gasteiger partial charge on any atom is 0.259 e. The monoisotopic (exact) mass is 381 g/mol. The highest BCUT2D eigenvalue weighted by molar-refractivity contribution is 7.89. The molecule has 0 saturated heterocycles. The van der Waals surface area contributed by atoms with E-state index in [1.807, 2.05) is 24.3 Å². The Labute approximate surface area is 158 Å². The summed E-state index contributed by atoms with van der Waals surface area (Å²) in [7, 11) is -0.560.